The van der Waals surface area contributed by atoms with Crippen molar-refractivity contribution in [2.24, 2.45) is 11.8 Å². The molecule has 0 radical (unpaired) electrons. The fourth-order valence-corrected chi connectivity index (χ4v) is 3.78. The number of allylic oxidation sites excluding steroid dienone is 4. The zero-order valence-corrected chi connectivity index (χ0v) is 12.7. The van der Waals surface area contributed by atoms with E-state index in [1.165, 1.54) is 5.57 Å². The lowest BCUT2D eigenvalue weighted by Gasteiger charge is -2.50. The Labute approximate surface area is 124 Å². The lowest BCUT2D eigenvalue weighted by molar-refractivity contribution is -0.135. The molecule has 1 amide bonds. The summed E-state index contributed by atoms with van der Waals surface area (Å²) in [5, 5.41) is 3.91. The van der Waals surface area contributed by atoms with Crippen LogP contribution in [0.3, 0.4) is 0 Å². The fourth-order valence-electron chi connectivity index (χ4n) is 3.57. The van der Waals surface area contributed by atoms with Crippen LogP contribution in [0, 0.1) is 11.8 Å². The lowest BCUT2D eigenvalue weighted by Crippen LogP contribution is -2.67. The third kappa shape index (κ3) is 2.04. The van der Waals surface area contributed by atoms with Crippen LogP contribution in [0.1, 0.15) is 26.7 Å². The van der Waals surface area contributed by atoms with Gasteiger partial charge in [-0.15, -0.1) is 0 Å². The molecule has 1 saturated heterocycles. The van der Waals surface area contributed by atoms with E-state index in [2.05, 4.69) is 18.3 Å². The van der Waals surface area contributed by atoms with Gasteiger partial charge in [0, 0.05) is 5.03 Å². The van der Waals surface area contributed by atoms with Crippen molar-refractivity contribution in [3.63, 3.8) is 0 Å². The molecule has 1 spiro atoms. The quantitative estimate of drug-likeness (QED) is 0.807. The smallest absolute Gasteiger partial charge is 0.228 e. The van der Waals surface area contributed by atoms with Gasteiger partial charge in [-0.3, -0.25) is 4.79 Å². The van der Waals surface area contributed by atoms with E-state index in [0.717, 1.165) is 18.4 Å². The summed E-state index contributed by atoms with van der Waals surface area (Å²) in [5.74, 6) is 0.395. The topological polar surface area (TPSA) is 38.3 Å². The Bertz CT molecular complexity index is 529. The van der Waals surface area contributed by atoms with Crippen LogP contribution < -0.4 is 5.32 Å². The molecule has 0 aromatic heterocycles. The maximum absolute atomic E-state index is 12.4. The lowest BCUT2D eigenvalue weighted by atomic mass is 9.69. The first-order valence-electron chi connectivity index (χ1n) is 7.25. The average Bonchev–Trinajstić information content (AvgIpc) is 2.34. The second-order valence-corrected chi connectivity index (χ2v) is 6.40. The van der Waals surface area contributed by atoms with Gasteiger partial charge in [0.15, 0.2) is 0 Å². The molecule has 3 nitrogen and oxygen atoms in total. The summed E-state index contributed by atoms with van der Waals surface area (Å²) in [7, 11) is 0. The normalized spacial score (nSPS) is 36.1. The van der Waals surface area contributed by atoms with Gasteiger partial charge in [0.2, 0.25) is 5.91 Å². The Morgan fingerprint density at radius 1 is 1.50 bits per heavy atom. The summed E-state index contributed by atoms with van der Waals surface area (Å²) in [6.45, 7) is 5.42. The van der Waals surface area contributed by atoms with E-state index >= 15 is 0 Å². The minimum absolute atomic E-state index is 0.0982. The van der Waals surface area contributed by atoms with Gasteiger partial charge < -0.3 is 10.1 Å². The zero-order valence-electron chi connectivity index (χ0n) is 11.9. The number of halogens is 1. The highest BCUT2D eigenvalue weighted by Gasteiger charge is 2.50. The number of amides is 1. The van der Waals surface area contributed by atoms with Crippen LogP contribution in [0.4, 0.5) is 0 Å². The second kappa shape index (κ2) is 5.05. The van der Waals surface area contributed by atoms with E-state index in [-0.39, 0.29) is 17.4 Å². The molecule has 2 unspecified atom stereocenters. The van der Waals surface area contributed by atoms with Gasteiger partial charge in [0.1, 0.15) is 5.54 Å². The predicted octanol–water partition coefficient (Wildman–Crippen LogP) is 2.93. The Hall–Kier alpha value is -1.06. The highest BCUT2D eigenvalue weighted by molar-refractivity contribution is 6.31. The van der Waals surface area contributed by atoms with Gasteiger partial charge in [0.05, 0.1) is 19.1 Å². The van der Waals surface area contributed by atoms with Gasteiger partial charge in [-0.2, -0.15) is 0 Å². The molecule has 0 bridgehead atoms. The molecule has 3 rings (SSSR count). The number of hydrogen-bond donors (Lipinski definition) is 1. The minimum Gasteiger partial charge on any atom is -0.376 e. The third-order valence-corrected chi connectivity index (χ3v) is 4.77. The van der Waals surface area contributed by atoms with Crippen molar-refractivity contribution < 1.29 is 9.53 Å². The maximum Gasteiger partial charge on any atom is 0.228 e. The predicted molar refractivity (Wildman–Crippen MR) is 79.4 cm³/mol. The molecule has 4 heteroatoms. The molecule has 0 aromatic rings. The first-order chi connectivity index (χ1) is 9.57. The van der Waals surface area contributed by atoms with Crippen LogP contribution in [-0.4, -0.2) is 24.7 Å². The summed E-state index contributed by atoms with van der Waals surface area (Å²) in [4.78, 5) is 12.4. The molecule has 1 N–H and O–H groups in total. The zero-order chi connectivity index (χ0) is 14.3. The second-order valence-electron chi connectivity index (χ2n) is 5.96. The fraction of sp³-hybridized carbons (Fsp3) is 0.562. The summed E-state index contributed by atoms with van der Waals surface area (Å²) < 4.78 is 5.41. The van der Waals surface area contributed by atoms with Crippen molar-refractivity contribution in [3.8, 4) is 0 Å². The molecule has 108 valence electrons. The van der Waals surface area contributed by atoms with E-state index < -0.39 is 0 Å². The van der Waals surface area contributed by atoms with Crippen LogP contribution in [-0.2, 0) is 9.53 Å². The molecule has 2 heterocycles. The van der Waals surface area contributed by atoms with Crippen molar-refractivity contribution in [3.05, 3.63) is 34.4 Å². The van der Waals surface area contributed by atoms with Crippen molar-refractivity contribution >= 4 is 17.5 Å². The summed E-state index contributed by atoms with van der Waals surface area (Å²) in [6, 6.07) is 0. The van der Waals surface area contributed by atoms with Gasteiger partial charge in [0.25, 0.3) is 0 Å². The van der Waals surface area contributed by atoms with Crippen LogP contribution in [0.5, 0.6) is 0 Å². The molecule has 2 atom stereocenters. The summed E-state index contributed by atoms with van der Waals surface area (Å²) in [6.07, 6.45) is 7.76. The molecule has 0 saturated carbocycles. The van der Waals surface area contributed by atoms with Gasteiger partial charge in [-0.25, -0.2) is 0 Å². The van der Waals surface area contributed by atoms with Crippen LogP contribution >= 0.6 is 11.6 Å². The SMILES string of the molecule is CCC1C(=O)NC2(COC2)C2=C1/C=C(Cl)\C=C\CC2C. The number of carbonyl (C=O) groups excluding carboxylic acids is 1. The molecule has 2 aliphatic heterocycles. The number of ether oxygens (including phenoxy) is 1. The Morgan fingerprint density at radius 2 is 2.25 bits per heavy atom. The van der Waals surface area contributed by atoms with Crippen LogP contribution in [0.2, 0.25) is 0 Å². The van der Waals surface area contributed by atoms with Gasteiger partial charge >= 0.3 is 0 Å². The van der Waals surface area contributed by atoms with E-state index in [0.29, 0.717) is 24.2 Å². The number of fused-ring (bicyclic) bond motifs is 1. The van der Waals surface area contributed by atoms with E-state index in [1.807, 2.05) is 19.1 Å². The minimum atomic E-state index is -0.295. The molecule has 3 aliphatic rings. The van der Waals surface area contributed by atoms with E-state index in [4.69, 9.17) is 16.3 Å². The van der Waals surface area contributed by atoms with E-state index in [1.54, 1.807) is 0 Å². The Balaban J connectivity index is 2.18. The third-order valence-electron chi connectivity index (χ3n) is 4.54. The molecule has 20 heavy (non-hydrogen) atoms. The molecular formula is C16H20ClNO2. The molecule has 1 aliphatic carbocycles. The highest BCUT2D eigenvalue weighted by Crippen LogP contribution is 2.43. The van der Waals surface area contributed by atoms with Gasteiger partial charge in [-0.1, -0.05) is 31.5 Å². The number of carbonyl (C=O) groups is 1. The molecule has 1 fully saturated rings. The van der Waals surface area contributed by atoms with Gasteiger partial charge in [-0.05, 0) is 42.1 Å². The highest BCUT2D eigenvalue weighted by atomic mass is 35.5. The largest absolute Gasteiger partial charge is 0.376 e. The van der Waals surface area contributed by atoms with Crippen molar-refractivity contribution in [2.45, 2.75) is 32.2 Å². The number of rotatable bonds is 1. The van der Waals surface area contributed by atoms with Crippen molar-refractivity contribution in [2.75, 3.05) is 13.2 Å². The summed E-state index contributed by atoms with van der Waals surface area (Å²) >= 11 is 6.26. The first-order valence-corrected chi connectivity index (χ1v) is 7.63. The maximum atomic E-state index is 12.4. The van der Waals surface area contributed by atoms with Crippen LogP contribution in [0.25, 0.3) is 0 Å². The van der Waals surface area contributed by atoms with Crippen molar-refractivity contribution in [1.82, 2.24) is 5.32 Å². The molecular weight excluding hydrogens is 274 g/mol. The van der Waals surface area contributed by atoms with E-state index in [9.17, 15) is 4.79 Å². The Morgan fingerprint density at radius 3 is 2.85 bits per heavy atom. The van der Waals surface area contributed by atoms with Crippen LogP contribution in [0.15, 0.2) is 34.4 Å². The average molecular weight is 294 g/mol. The molecule has 0 aromatic carbocycles. The van der Waals surface area contributed by atoms with Crippen molar-refractivity contribution in [1.29, 1.82) is 0 Å². The number of hydrogen-bond acceptors (Lipinski definition) is 2. The standard InChI is InChI=1S/C16H20ClNO2/c1-3-12-13-7-11(17)6-4-5-10(2)14(13)16(8-20-9-16)18-15(12)19/h4,6-7,10,12H,3,5,8-9H2,1-2H3,(H,18,19)/b6-4+,11-7+. The Kier molecular flexibility index (Phi) is 3.51. The first kappa shape index (κ1) is 13.9. The summed E-state index contributed by atoms with van der Waals surface area (Å²) in [5.41, 5.74) is 2.13. The number of nitrogens with one attached hydrogen (secondary N) is 1. The monoisotopic (exact) mass is 293 g/mol.